The maximum atomic E-state index is 12.5. The SMILES string of the molecule is CCNCc1ccc(S(=O)(=O)NC(CC)CSC)c(Br)c1. The van der Waals surface area contributed by atoms with E-state index in [0.717, 1.165) is 30.8 Å². The van der Waals surface area contributed by atoms with Crippen LogP contribution in [0, 0.1) is 0 Å². The molecular formula is C14H23BrN2O2S2. The maximum absolute atomic E-state index is 12.5. The molecule has 0 radical (unpaired) electrons. The second-order valence-electron chi connectivity index (χ2n) is 4.73. The van der Waals surface area contributed by atoms with E-state index in [1.165, 1.54) is 0 Å². The third kappa shape index (κ3) is 5.90. The summed E-state index contributed by atoms with van der Waals surface area (Å²) in [5, 5.41) is 3.22. The lowest BCUT2D eigenvalue weighted by atomic mass is 10.2. The summed E-state index contributed by atoms with van der Waals surface area (Å²) in [7, 11) is -3.49. The Morgan fingerprint density at radius 2 is 2.05 bits per heavy atom. The molecule has 21 heavy (non-hydrogen) atoms. The molecule has 1 unspecified atom stereocenters. The van der Waals surface area contributed by atoms with Gasteiger partial charge < -0.3 is 5.32 Å². The van der Waals surface area contributed by atoms with Gasteiger partial charge in [0.25, 0.3) is 0 Å². The van der Waals surface area contributed by atoms with Crippen LogP contribution in [0.3, 0.4) is 0 Å². The Balaban J connectivity index is 2.92. The minimum absolute atomic E-state index is 0.0432. The van der Waals surface area contributed by atoms with Gasteiger partial charge >= 0.3 is 0 Å². The second kappa shape index (κ2) is 9.15. The largest absolute Gasteiger partial charge is 0.313 e. The highest BCUT2D eigenvalue weighted by molar-refractivity contribution is 9.10. The zero-order valence-electron chi connectivity index (χ0n) is 12.6. The van der Waals surface area contributed by atoms with Crippen molar-refractivity contribution in [3.05, 3.63) is 28.2 Å². The molecule has 0 saturated heterocycles. The van der Waals surface area contributed by atoms with Gasteiger partial charge in [0.1, 0.15) is 0 Å². The summed E-state index contributed by atoms with van der Waals surface area (Å²) < 4.78 is 28.3. The van der Waals surface area contributed by atoms with Gasteiger partial charge in [-0.15, -0.1) is 0 Å². The molecule has 0 aliphatic carbocycles. The average molecular weight is 395 g/mol. The molecule has 1 aromatic carbocycles. The smallest absolute Gasteiger partial charge is 0.241 e. The fraction of sp³-hybridized carbons (Fsp3) is 0.571. The Morgan fingerprint density at radius 1 is 1.33 bits per heavy atom. The van der Waals surface area contributed by atoms with E-state index in [0.29, 0.717) is 9.37 Å². The normalized spacial score (nSPS) is 13.3. The standard InChI is InChI=1S/C14H23BrN2O2S2/c1-4-12(10-20-3)17-21(18,19)14-7-6-11(8-13(14)15)9-16-5-2/h6-8,12,16-17H,4-5,9-10H2,1-3H3. The van der Waals surface area contributed by atoms with Gasteiger partial charge in [0.05, 0.1) is 4.90 Å². The molecule has 0 bridgehead atoms. The summed E-state index contributed by atoms with van der Waals surface area (Å²) in [4.78, 5) is 0.294. The molecular weight excluding hydrogens is 372 g/mol. The highest BCUT2D eigenvalue weighted by Crippen LogP contribution is 2.24. The Kier molecular flexibility index (Phi) is 8.26. The Hall–Kier alpha value is -0.0800. The lowest BCUT2D eigenvalue weighted by molar-refractivity contribution is 0.557. The molecule has 120 valence electrons. The summed E-state index contributed by atoms with van der Waals surface area (Å²) in [6.45, 7) is 5.63. The Labute approximate surface area is 140 Å². The van der Waals surface area contributed by atoms with E-state index < -0.39 is 10.0 Å². The first kappa shape index (κ1) is 19.0. The first-order valence-corrected chi connectivity index (χ1v) is 10.6. The maximum Gasteiger partial charge on any atom is 0.241 e. The van der Waals surface area contributed by atoms with Crippen molar-refractivity contribution in [2.24, 2.45) is 0 Å². The van der Waals surface area contributed by atoms with E-state index in [4.69, 9.17) is 0 Å². The van der Waals surface area contributed by atoms with Crippen molar-refractivity contribution < 1.29 is 8.42 Å². The molecule has 0 spiro atoms. The molecule has 4 nitrogen and oxygen atoms in total. The van der Waals surface area contributed by atoms with Crippen molar-refractivity contribution in [1.82, 2.24) is 10.0 Å². The van der Waals surface area contributed by atoms with Crippen LogP contribution in [0.4, 0.5) is 0 Å². The van der Waals surface area contributed by atoms with Crippen LogP contribution in [0.5, 0.6) is 0 Å². The van der Waals surface area contributed by atoms with Crippen molar-refractivity contribution in [1.29, 1.82) is 0 Å². The monoisotopic (exact) mass is 394 g/mol. The van der Waals surface area contributed by atoms with Crippen LogP contribution in [0.1, 0.15) is 25.8 Å². The summed E-state index contributed by atoms with van der Waals surface area (Å²) in [6, 6.07) is 5.31. The van der Waals surface area contributed by atoms with Crippen molar-refractivity contribution in [2.45, 2.75) is 37.8 Å². The summed E-state index contributed by atoms with van der Waals surface area (Å²) in [5.74, 6) is 0.770. The summed E-state index contributed by atoms with van der Waals surface area (Å²) in [6.07, 6.45) is 2.75. The van der Waals surface area contributed by atoms with Gasteiger partial charge in [0.15, 0.2) is 0 Å². The summed E-state index contributed by atoms with van der Waals surface area (Å²) >= 11 is 5.01. The molecule has 0 saturated carbocycles. The lowest BCUT2D eigenvalue weighted by Crippen LogP contribution is -2.36. The third-order valence-electron chi connectivity index (χ3n) is 3.05. The molecule has 1 aromatic rings. The van der Waals surface area contributed by atoms with E-state index in [1.54, 1.807) is 17.8 Å². The number of benzene rings is 1. The molecule has 0 amide bonds. The molecule has 0 fully saturated rings. The van der Waals surface area contributed by atoms with Crippen molar-refractivity contribution in [2.75, 3.05) is 18.6 Å². The number of sulfonamides is 1. The first-order valence-electron chi connectivity index (χ1n) is 6.95. The van der Waals surface area contributed by atoms with Crippen LogP contribution in [-0.4, -0.2) is 33.0 Å². The van der Waals surface area contributed by atoms with Gasteiger partial charge in [-0.1, -0.05) is 19.9 Å². The van der Waals surface area contributed by atoms with Crippen LogP contribution in [0.15, 0.2) is 27.6 Å². The molecule has 2 N–H and O–H groups in total. The van der Waals surface area contributed by atoms with Crippen molar-refractivity contribution >= 4 is 37.7 Å². The van der Waals surface area contributed by atoms with Crippen molar-refractivity contribution in [3.8, 4) is 0 Å². The molecule has 1 atom stereocenters. The fourth-order valence-electron chi connectivity index (χ4n) is 1.86. The average Bonchev–Trinajstić information content (AvgIpc) is 2.44. The first-order chi connectivity index (χ1) is 9.94. The van der Waals surface area contributed by atoms with Crippen LogP contribution in [-0.2, 0) is 16.6 Å². The lowest BCUT2D eigenvalue weighted by Gasteiger charge is -2.17. The Morgan fingerprint density at radius 3 is 2.57 bits per heavy atom. The number of rotatable bonds is 9. The highest BCUT2D eigenvalue weighted by Gasteiger charge is 2.21. The van der Waals surface area contributed by atoms with Crippen LogP contribution < -0.4 is 10.0 Å². The minimum atomic E-state index is -3.49. The van der Waals surface area contributed by atoms with Gasteiger partial charge in [-0.2, -0.15) is 11.8 Å². The zero-order valence-corrected chi connectivity index (χ0v) is 15.9. The zero-order chi connectivity index (χ0) is 15.9. The van der Waals surface area contributed by atoms with Crippen LogP contribution in [0.25, 0.3) is 0 Å². The Bertz CT molecular complexity index is 550. The van der Waals surface area contributed by atoms with Gasteiger partial charge in [-0.05, 0) is 52.8 Å². The topological polar surface area (TPSA) is 58.2 Å². The molecule has 7 heteroatoms. The van der Waals surface area contributed by atoms with Gasteiger partial charge in [-0.3, -0.25) is 0 Å². The van der Waals surface area contributed by atoms with E-state index >= 15 is 0 Å². The fourth-order valence-corrected chi connectivity index (χ4v) is 5.13. The van der Waals surface area contributed by atoms with E-state index in [-0.39, 0.29) is 6.04 Å². The summed E-state index contributed by atoms with van der Waals surface area (Å²) in [5.41, 5.74) is 1.05. The highest BCUT2D eigenvalue weighted by atomic mass is 79.9. The number of thioether (sulfide) groups is 1. The predicted octanol–water partition coefficient (Wildman–Crippen LogP) is 2.98. The molecule has 0 aliphatic heterocycles. The molecule has 0 heterocycles. The number of halogens is 1. The van der Waals surface area contributed by atoms with Crippen LogP contribution in [0.2, 0.25) is 0 Å². The quantitative estimate of drug-likeness (QED) is 0.675. The van der Waals surface area contributed by atoms with Gasteiger partial charge in [0.2, 0.25) is 10.0 Å². The molecule has 1 rings (SSSR count). The predicted molar refractivity (Wildman–Crippen MR) is 94.3 cm³/mol. The second-order valence-corrected chi connectivity index (χ2v) is 8.17. The van der Waals surface area contributed by atoms with E-state index in [9.17, 15) is 8.42 Å². The third-order valence-corrected chi connectivity index (χ3v) is 6.28. The number of nitrogens with one attached hydrogen (secondary N) is 2. The number of hydrogen-bond acceptors (Lipinski definition) is 4. The van der Waals surface area contributed by atoms with Crippen LogP contribution >= 0.6 is 27.7 Å². The minimum Gasteiger partial charge on any atom is -0.313 e. The van der Waals surface area contributed by atoms with E-state index in [1.807, 2.05) is 32.2 Å². The number of hydrogen-bond donors (Lipinski definition) is 2. The molecule has 0 aliphatic rings. The van der Waals surface area contributed by atoms with Crippen molar-refractivity contribution in [3.63, 3.8) is 0 Å². The molecule has 0 aromatic heterocycles. The van der Waals surface area contributed by atoms with Gasteiger partial charge in [0, 0.05) is 22.8 Å². The van der Waals surface area contributed by atoms with E-state index in [2.05, 4.69) is 26.0 Å². The van der Waals surface area contributed by atoms with Gasteiger partial charge in [-0.25, -0.2) is 13.1 Å².